The quantitative estimate of drug-likeness (QED) is 0.210. The number of nitrogens with zero attached hydrogens (tertiary/aromatic N) is 1. The molecule has 0 aliphatic carbocycles. The number of aromatic nitrogens is 1. The van der Waals surface area contributed by atoms with Crippen LogP contribution >= 0.6 is 0 Å². The molecule has 0 aliphatic heterocycles. The van der Waals surface area contributed by atoms with Gasteiger partial charge in [-0.25, -0.2) is 0 Å². The van der Waals surface area contributed by atoms with Crippen molar-refractivity contribution in [3.05, 3.63) is 152 Å². The van der Waals surface area contributed by atoms with Crippen LogP contribution in [0.25, 0.3) is 93.6 Å². The van der Waals surface area contributed by atoms with Crippen LogP contribution in [0.1, 0.15) is 0 Å². The van der Waals surface area contributed by atoms with Gasteiger partial charge in [0.1, 0.15) is 22.3 Å². The number of fused-ring (bicyclic) bond motifs is 10. The maximum Gasteiger partial charge on any atom is 0.161 e. The molecule has 0 saturated carbocycles. The Hall–Kier alpha value is -6.06. The van der Waals surface area contributed by atoms with E-state index in [0.717, 1.165) is 77.5 Å². The molecular formula is C42H25NO2. The van der Waals surface area contributed by atoms with Gasteiger partial charge in [-0.15, -0.1) is 0 Å². The highest BCUT2D eigenvalue weighted by atomic mass is 16.3. The van der Waals surface area contributed by atoms with Crippen molar-refractivity contribution in [2.24, 2.45) is 0 Å². The molecule has 0 N–H and O–H groups in total. The molecule has 0 radical (unpaired) electrons. The lowest BCUT2D eigenvalue weighted by Gasteiger charge is -2.10. The number of hydrogen-bond acceptors (Lipinski definition) is 2. The summed E-state index contributed by atoms with van der Waals surface area (Å²) in [5.74, 6) is 0. The Bertz CT molecular complexity index is 2760. The molecule has 3 heteroatoms. The van der Waals surface area contributed by atoms with Crippen molar-refractivity contribution in [1.29, 1.82) is 0 Å². The first kappa shape index (κ1) is 24.4. The van der Waals surface area contributed by atoms with E-state index in [1.807, 2.05) is 0 Å². The lowest BCUT2D eigenvalue weighted by molar-refractivity contribution is 0.669. The van der Waals surface area contributed by atoms with Gasteiger partial charge in [0, 0.05) is 21.8 Å². The monoisotopic (exact) mass is 575 g/mol. The van der Waals surface area contributed by atoms with E-state index in [4.69, 9.17) is 8.83 Å². The molecule has 0 aliphatic rings. The van der Waals surface area contributed by atoms with Gasteiger partial charge in [-0.1, -0.05) is 97.1 Å². The second-order valence-corrected chi connectivity index (χ2v) is 11.7. The molecule has 0 bridgehead atoms. The van der Waals surface area contributed by atoms with E-state index in [-0.39, 0.29) is 0 Å². The summed E-state index contributed by atoms with van der Waals surface area (Å²) in [5, 5.41) is 6.98. The van der Waals surface area contributed by atoms with Crippen molar-refractivity contribution in [2.75, 3.05) is 0 Å². The molecule has 0 spiro atoms. The summed E-state index contributed by atoms with van der Waals surface area (Å²) < 4.78 is 15.4. The van der Waals surface area contributed by atoms with Crippen molar-refractivity contribution < 1.29 is 8.83 Å². The first-order chi connectivity index (χ1) is 22.3. The maximum absolute atomic E-state index is 6.62. The van der Waals surface area contributed by atoms with Crippen LogP contribution in [0.5, 0.6) is 0 Å². The molecule has 7 aromatic carbocycles. The molecule has 0 saturated heterocycles. The topological polar surface area (TPSA) is 31.2 Å². The maximum atomic E-state index is 6.62. The zero-order valence-electron chi connectivity index (χ0n) is 24.2. The fourth-order valence-corrected chi connectivity index (χ4v) is 7.19. The lowest BCUT2D eigenvalue weighted by atomic mass is 9.96. The van der Waals surface area contributed by atoms with Crippen LogP contribution in [0.15, 0.2) is 160 Å². The van der Waals surface area contributed by atoms with E-state index in [1.54, 1.807) is 0 Å². The Kier molecular flexibility index (Phi) is 5.00. The Labute approximate surface area is 258 Å². The molecule has 210 valence electrons. The zero-order valence-corrected chi connectivity index (χ0v) is 24.2. The van der Waals surface area contributed by atoms with Crippen LogP contribution < -0.4 is 0 Å². The highest BCUT2D eigenvalue weighted by Gasteiger charge is 2.22. The van der Waals surface area contributed by atoms with E-state index in [2.05, 4.69) is 156 Å². The Morgan fingerprint density at radius 2 is 1.18 bits per heavy atom. The van der Waals surface area contributed by atoms with Crippen LogP contribution in [0.3, 0.4) is 0 Å². The SMILES string of the molecule is c1ccc(-n2c3ccccc3c3oc4cccc(-c5cccc(-c6ccc7c(c6)oc6ccc8ccccc8c67)c5)c4c32)cc1. The van der Waals surface area contributed by atoms with E-state index in [1.165, 1.54) is 16.2 Å². The third-order valence-electron chi connectivity index (χ3n) is 9.19. The molecule has 0 unspecified atom stereocenters. The van der Waals surface area contributed by atoms with E-state index >= 15 is 0 Å². The van der Waals surface area contributed by atoms with Gasteiger partial charge in [0.25, 0.3) is 0 Å². The molecule has 0 atom stereocenters. The minimum Gasteiger partial charge on any atom is -0.456 e. The summed E-state index contributed by atoms with van der Waals surface area (Å²) in [5.41, 5.74) is 11.5. The molecule has 0 amide bonds. The standard InChI is InChI=1S/C42H25NO2/c1-2-13-30(14-3-1)43-35-18-7-6-16-33(35)42-41(43)40-32(17-9-19-36(40)45-42)29-12-8-11-27(24-29)28-20-22-34-38(25-28)44-37-23-21-26-10-4-5-15-31(26)39(34)37/h1-25H. The van der Waals surface area contributed by atoms with E-state index < -0.39 is 0 Å². The summed E-state index contributed by atoms with van der Waals surface area (Å²) in [7, 11) is 0. The van der Waals surface area contributed by atoms with Crippen molar-refractivity contribution in [1.82, 2.24) is 4.57 Å². The summed E-state index contributed by atoms with van der Waals surface area (Å²) in [6.45, 7) is 0. The van der Waals surface area contributed by atoms with Crippen LogP contribution in [-0.4, -0.2) is 4.57 Å². The zero-order chi connectivity index (χ0) is 29.5. The molecule has 45 heavy (non-hydrogen) atoms. The number of hydrogen-bond donors (Lipinski definition) is 0. The van der Waals surface area contributed by atoms with Crippen molar-refractivity contribution in [2.45, 2.75) is 0 Å². The number of benzene rings is 7. The van der Waals surface area contributed by atoms with Gasteiger partial charge in [0.2, 0.25) is 0 Å². The van der Waals surface area contributed by atoms with Crippen molar-refractivity contribution in [3.63, 3.8) is 0 Å². The summed E-state index contributed by atoms with van der Waals surface area (Å²) in [6, 6.07) is 53.5. The number of rotatable bonds is 3. The summed E-state index contributed by atoms with van der Waals surface area (Å²) in [6.07, 6.45) is 0. The van der Waals surface area contributed by atoms with Gasteiger partial charge in [-0.3, -0.25) is 0 Å². The van der Waals surface area contributed by atoms with Gasteiger partial charge >= 0.3 is 0 Å². The van der Waals surface area contributed by atoms with Crippen LogP contribution in [0.2, 0.25) is 0 Å². The first-order valence-corrected chi connectivity index (χ1v) is 15.3. The van der Waals surface area contributed by atoms with Crippen molar-refractivity contribution >= 4 is 65.7 Å². The Morgan fingerprint density at radius 3 is 2.11 bits per heavy atom. The van der Waals surface area contributed by atoms with Gasteiger partial charge in [-0.05, 0) is 87.6 Å². The lowest BCUT2D eigenvalue weighted by Crippen LogP contribution is -1.93. The average Bonchev–Trinajstić information content (AvgIpc) is 3.77. The average molecular weight is 576 g/mol. The normalized spacial score (nSPS) is 12.0. The smallest absolute Gasteiger partial charge is 0.161 e. The summed E-state index contributed by atoms with van der Waals surface area (Å²) >= 11 is 0. The largest absolute Gasteiger partial charge is 0.456 e. The predicted octanol–water partition coefficient (Wildman–Crippen LogP) is 11.9. The van der Waals surface area contributed by atoms with Gasteiger partial charge in [0.05, 0.1) is 10.9 Å². The fourth-order valence-electron chi connectivity index (χ4n) is 7.19. The highest BCUT2D eigenvalue weighted by Crippen LogP contribution is 2.43. The fraction of sp³-hybridized carbons (Fsp3) is 0. The number of para-hydroxylation sites is 2. The molecule has 3 aromatic heterocycles. The van der Waals surface area contributed by atoms with Gasteiger partial charge < -0.3 is 13.4 Å². The molecule has 10 rings (SSSR count). The molecule has 10 aromatic rings. The van der Waals surface area contributed by atoms with Crippen molar-refractivity contribution in [3.8, 4) is 27.9 Å². The van der Waals surface area contributed by atoms with Crippen LogP contribution in [0.4, 0.5) is 0 Å². The first-order valence-electron chi connectivity index (χ1n) is 15.3. The minimum atomic E-state index is 0.884. The van der Waals surface area contributed by atoms with Crippen LogP contribution in [0, 0.1) is 0 Å². The third kappa shape index (κ3) is 3.52. The predicted molar refractivity (Wildman–Crippen MR) is 186 cm³/mol. The molecule has 0 fully saturated rings. The second kappa shape index (κ2) is 9.22. The third-order valence-corrected chi connectivity index (χ3v) is 9.19. The highest BCUT2D eigenvalue weighted by molar-refractivity contribution is 6.21. The Morgan fingerprint density at radius 1 is 0.422 bits per heavy atom. The summed E-state index contributed by atoms with van der Waals surface area (Å²) in [4.78, 5) is 0. The van der Waals surface area contributed by atoms with E-state index in [0.29, 0.717) is 0 Å². The van der Waals surface area contributed by atoms with Gasteiger partial charge in [0.15, 0.2) is 5.58 Å². The molecule has 3 heterocycles. The second-order valence-electron chi connectivity index (χ2n) is 11.7. The van der Waals surface area contributed by atoms with E-state index in [9.17, 15) is 0 Å². The minimum absolute atomic E-state index is 0.884. The molecular weight excluding hydrogens is 550 g/mol. The molecule has 3 nitrogen and oxygen atoms in total. The van der Waals surface area contributed by atoms with Gasteiger partial charge in [-0.2, -0.15) is 0 Å². The Balaban J connectivity index is 1.18. The van der Waals surface area contributed by atoms with Crippen LogP contribution in [-0.2, 0) is 0 Å². The number of furan rings is 2.